The van der Waals surface area contributed by atoms with Gasteiger partial charge in [-0.2, -0.15) is 0 Å². The van der Waals surface area contributed by atoms with E-state index in [1.807, 2.05) is 24.3 Å². The van der Waals surface area contributed by atoms with Crippen LogP contribution >= 0.6 is 0 Å². The average molecular weight is 287 g/mol. The normalized spacial score (nSPS) is 13.2. The largest absolute Gasteiger partial charge is 0.387 e. The van der Waals surface area contributed by atoms with Crippen LogP contribution in [0.25, 0.3) is 10.8 Å². The Morgan fingerprint density at radius 2 is 1.81 bits per heavy atom. The van der Waals surface area contributed by atoms with Crippen LogP contribution < -0.4 is 0 Å². The van der Waals surface area contributed by atoms with Crippen LogP contribution in [-0.2, 0) is 4.74 Å². The summed E-state index contributed by atoms with van der Waals surface area (Å²) >= 11 is 0. The van der Waals surface area contributed by atoms with Crippen molar-refractivity contribution in [3.63, 3.8) is 0 Å². The second kappa shape index (κ2) is 7.55. The van der Waals surface area contributed by atoms with Crippen molar-refractivity contribution in [1.82, 2.24) is 4.90 Å². The highest BCUT2D eigenvalue weighted by Crippen LogP contribution is 2.25. The standard InChI is InChI=1S/C18H25NO2/c1-14(2)19(11-12-21-3)13-18(20)17-10-6-8-15-7-4-5-9-16(15)17/h4-10,14,18,20H,11-13H2,1-3H3. The quantitative estimate of drug-likeness (QED) is 0.848. The van der Waals surface area contributed by atoms with Gasteiger partial charge in [0.15, 0.2) is 0 Å². The Hall–Kier alpha value is -1.42. The van der Waals surface area contributed by atoms with Crippen molar-refractivity contribution in [3.05, 3.63) is 48.0 Å². The summed E-state index contributed by atoms with van der Waals surface area (Å²) < 4.78 is 5.16. The van der Waals surface area contributed by atoms with E-state index in [9.17, 15) is 5.11 Å². The molecular weight excluding hydrogens is 262 g/mol. The summed E-state index contributed by atoms with van der Waals surface area (Å²) in [4.78, 5) is 2.25. The molecule has 0 amide bonds. The smallest absolute Gasteiger partial charge is 0.0923 e. The van der Waals surface area contributed by atoms with Gasteiger partial charge in [-0.3, -0.25) is 4.90 Å². The van der Waals surface area contributed by atoms with Gasteiger partial charge in [-0.25, -0.2) is 0 Å². The number of benzene rings is 2. The van der Waals surface area contributed by atoms with Crippen LogP contribution in [-0.4, -0.2) is 42.9 Å². The lowest BCUT2D eigenvalue weighted by atomic mass is 10.00. The molecule has 3 nitrogen and oxygen atoms in total. The first-order valence-electron chi connectivity index (χ1n) is 7.52. The van der Waals surface area contributed by atoms with Crippen LogP contribution in [0.1, 0.15) is 25.5 Å². The van der Waals surface area contributed by atoms with Crippen LogP contribution in [0.5, 0.6) is 0 Å². The highest BCUT2D eigenvalue weighted by atomic mass is 16.5. The van der Waals surface area contributed by atoms with Gasteiger partial charge in [0.1, 0.15) is 0 Å². The molecule has 0 saturated heterocycles. The molecular formula is C18H25NO2. The first kappa shape index (κ1) is 16.0. The lowest BCUT2D eigenvalue weighted by molar-refractivity contribution is 0.0728. The third-order valence-corrected chi connectivity index (χ3v) is 3.90. The summed E-state index contributed by atoms with van der Waals surface area (Å²) in [6.07, 6.45) is -0.490. The Balaban J connectivity index is 2.19. The zero-order chi connectivity index (χ0) is 15.2. The number of fused-ring (bicyclic) bond motifs is 1. The van der Waals surface area contributed by atoms with Gasteiger partial charge in [0.2, 0.25) is 0 Å². The van der Waals surface area contributed by atoms with E-state index in [0.29, 0.717) is 19.2 Å². The zero-order valence-electron chi connectivity index (χ0n) is 13.1. The summed E-state index contributed by atoms with van der Waals surface area (Å²) in [5.41, 5.74) is 0.996. The zero-order valence-corrected chi connectivity index (χ0v) is 13.1. The number of hydrogen-bond donors (Lipinski definition) is 1. The van der Waals surface area contributed by atoms with Gasteiger partial charge in [-0.1, -0.05) is 42.5 Å². The Bertz CT molecular complexity index is 563. The second-order valence-corrected chi connectivity index (χ2v) is 5.67. The molecule has 0 fully saturated rings. The fourth-order valence-electron chi connectivity index (χ4n) is 2.63. The summed E-state index contributed by atoms with van der Waals surface area (Å²) in [5, 5.41) is 13.0. The van der Waals surface area contributed by atoms with E-state index in [1.165, 1.54) is 5.39 Å². The molecule has 0 saturated carbocycles. The molecule has 1 atom stereocenters. The highest BCUT2D eigenvalue weighted by molar-refractivity contribution is 5.85. The van der Waals surface area contributed by atoms with Gasteiger partial charge >= 0.3 is 0 Å². The number of aliphatic hydroxyl groups excluding tert-OH is 1. The predicted octanol–water partition coefficient (Wildman–Crippen LogP) is 3.23. The maximum atomic E-state index is 10.7. The molecule has 21 heavy (non-hydrogen) atoms. The number of hydrogen-bond acceptors (Lipinski definition) is 3. The van der Waals surface area contributed by atoms with Crippen LogP contribution in [0.4, 0.5) is 0 Å². The van der Waals surface area contributed by atoms with Crippen LogP contribution in [0.2, 0.25) is 0 Å². The lowest BCUT2D eigenvalue weighted by Gasteiger charge is -2.29. The van der Waals surface area contributed by atoms with Crippen molar-refractivity contribution in [2.24, 2.45) is 0 Å². The number of methoxy groups -OCH3 is 1. The predicted molar refractivity (Wildman–Crippen MR) is 87.5 cm³/mol. The average Bonchev–Trinajstić information content (AvgIpc) is 2.50. The van der Waals surface area contributed by atoms with Gasteiger partial charge in [-0.05, 0) is 30.2 Å². The minimum absolute atomic E-state index is 0.379. The molecule has 0 aromatic heterocycles. The minimum Gasteiger partial charge on any atom is -0.387 e. The number of aliphatic hydroxyl groups is 1. The molecule has 0 radical (unpaired) electrons. The van der Waals surface area contributed by atoms with Crippen molar-refractivity contribution in [2.75, 3.05) is 26.8 Å². The maximum Gasteiger partial charge on any atom is 0.0923 e. The van der Waals surface area contributed by atoms with E-state index in [4.69, 9.17) is 4.74 Å². The molecule has 114 valence electrons. The molecule has 2 aromatic rings. The molecule has 0 aliphatic carbocycles. The van der Waals surface area contributed by atoms with E-state index in [1.54, 1.807) is 7.11 Å². The minimum atomic E-state index is -0.490. The molecule has 1 N–H and O–H groups in total. The van der Waals surface area contributed by atoms with Crippen molar-refractivity contribution in [2.45, 2.75) is 26.0 Å². The van der Waals surface area contributed by atoms with E-state index >= 15 is 0 Å². The van der Waals surface area contributed by atoms with Crippen molar-refractivity contribution in [1.29, 1.82) is 0 Å². The monoisotopic (exact) mass is 287 g/mol. The van der Waals surface area contributed by atoms with Gasteiger partial charge in [0, 0.05) is 26.2 Å². The van der Waals surface area contributed by atoms with Gasteiger partial charge in [-0.15, -0.1) is 0 Å². The number of ether oxygens (including phenoxy) is 1. The molecule has 2 rings (SSSR count). The Morgan fingerprint density at radius 1 is 1.10 bits per heavy atom. The lowest BCUT2D eigenvalue weighted by Crippen LogP contribution is -2.37. The first-order valence-corrected chi connectivity index (χ1v) is 7.52. The third-order valence-electron chi connectivity index (χ3n) is 3.90. The SMILES string of the molecule is COCCN(CC(O)c1cccc2ccccc12)C(C)C. The summed E-state index contributed by atoms with van der Waals surface area (Å²) in [5.74, 6) is 0. The van der Waals surface area contributed by atoms with Gasteiger partial charge in [0.25, 0.3) is 0 Å². The van der Waals surface area contributed by atoms with E-state index in [0.717, 1.165) is 17.5 Å². The van der Waals surface area contributed by atoms with E-state index < -0.39 is 6.10 Å². The molecule has 1 unspecified atom stereocenters. The molecule has 3 heteroatoms. The van der Waals surface area contributed by atoms with E-state index in [-0.39, 0.29) is 0 Å². The second-order valence-electron chi connectivity index (χ2n) is 5.67. The Kier molecular flexibility index (Phi) is 5.74. The van der Waals surface area contributed by atoms with Crippen molar-refractivity contribution < 1.29 is 9.84 Å². The topological polar surface area (TPSA) is 32.7 Å². The summed E-state index contributed by atoms with van der Waals surface area (Å²) in [6.45, 7) is 6.42. The first-order chi connectivity index (χ1) is 10.1. The third kappa shape index (κ3) is 4.03. The summed E-state index contributed by atoms with van der Waals surface area (Å²) in [6, 6.07) is 14.7. The van der Waals surface area contributed by atoms with Crippen molar-refractivity contribution in [3.8, 4) is 0 Å². The fraction of sp³-hybridized carbons (Fsp3) is 0.444. The Labute approximate surface area is 127 Å². The van der Waals surface area contributed by atoms with Crippen LogP contribution in [0.15, 0.2) is 42.5 Å². The van der Waals surface area contributed by atoms with Crippen molar-refractivity contribution >= 4 is 10.8 Å². The molecule has 0 bridgehead atoms. The Morgan fingerprint density at radius 3 is 2.52 bits per heavy atom. The van der Waals surface area contributed by atoms with E-state index in [2.05, 4.69) is 36.9 Å². The maximum absolute atomic E-state index is 10.7. The molecule has 2 aromatic carbocycles. The highest BCUT2D eigenvalue weighted by Gasteiger charge is 2.17. The molecule has 0 spiro atoms. The van der Waals surface area contributed by atoms with Crippen LogP contribution in [0.3, 0.4) is 0 Å². The van der Waals surface area contributed by atoms with Crippen LogP contribution in [0, 0.1) is 0 Å². The molecule has 0 aliphatic rings. The summed E-state index contributed by atoms with van der Waals surface area (Å²) in [7, 11) is 1.71. The number of nitrogens with zero attached hydrogens (tertiary/aromatic N) is 1. The number of rotatable bonds is 7. The van der Waals surface area contributed by atoms with Gasteiger partial charge < -0.3 is 9.84 Å². The molecule has 0 heterocycles. The fourth-order valence-corrected chi connectivity index (χ4v) is 2.63. The molecule has 0 aliphatic heterocycles. The van der Waals surface area contributed by atoms with Gasteiger partial charge in [0.05, 0.1) is 12.7 Å².